The number of halogens is 1. The number of nitrogens with two attached hydrogens (primary N) is 2. The number of aromatic nitrogens is 3. The number of nitrogens with zero attached hydrogens (tertiary/aromatic N) is 4. The third-order valence-corrected chi connectivity index (χ3v) is 6.35. The number of carbonyl (C=O) groups is 1. The molecule has 1 amide bonds. The summed E-state index contributed by atoms with van der Waals surface area (Å²) in [5.74, 6) is 4.68. The van der Waals surface area contributed by atoms with Gasteiger partial charge in [-0.3, -0.25) is 24.0 Å². The van der Waals surface area contributed by atoms with Crippen LogP contribution in [-0.4, -0.2) is 69.0 Å². The molecule has 4 rings (SSSR count). The van der Waals surface area contributed by atoms with Gasteiger partial charge in [0.2, 0.25) is 0 Å². The van der Waals surface area contributed by atoms with Crippen molar-refractivity contribution in [2.24, 2.45) is 5.73 Å². The van der Waals surface area contributed by atoms with Crippen molar-refractivity contribution >= 4 is 11.7 Å². The second-order valence-corrected chi connectivity index (χ2v) is 9.42. The highest BCUT2D eigenvalue weighted by Crippen LogP contribution is 2.30. The number of hydrogen-bond donors (Lipinski definition) is 3. The van der Waals surface area contributed by atoms with Gasteiger partial charge in [-0.2, -0.15) is 0 Å². The summed E-state index contributed by atoms with van der Waals surface area (Å²) in [7, 11) is 2.08. The molecule has 1 aliphatic rings. The molecule has 1 fully saturated rings. The van der Waals surface area contributed by atoms with Gasteiger partial charge in [0.05, 0.1) is 11.2 Å². The Hall–Kier alpha value is -4.47. The highest BCUT2D eigenvalue weighted by Gasteiger charge is 2.27. The Morgan fingerprint density at radius 1 is 1.16 bits per heavy atom. The lowest BCUT2D eigenvalue weighted by atomic mass is 10.0. The first kappa shape index (κ1) is 26.6. The van der Waals surface area contributed by atoms with E-state index in [0.29, 0.717) is 5.56 Å². The molecule has 2 aromatic heterocycles. The lowest BCUT2D eigenvalue weighted by Gasteiger charge is -2.40. The van der Waals surface area contributed by atoms with E-state index in [1.54, 1.807) is 0 Å². The first-order chi connectivity index (χ1) is 18.0. The van der Waals surface area contributed by atoms with Gasteiger partial charge < -0.3 is 21.1 Å². The molecule has 1 aliphatic heterocycles. The van der Waals surface area contributed by atoms with E-state index in [1.807, 2.05) is 18.8 Å². The smallest absolute Gasteiger partial charge is 0.332 e. The summed E-state index contributed by atoms with van der Waals surface area (Å²) >= 11 is 0. The number of nitrogen functional groups attached to an aromatic ring is 1. The molecule has 12 heteroatoms. The number of rotatable bonds is 5. The van der Waals surface area contributed by atoms with Gasteiger partial charge in [0.25, 0.3) is 11.5 Å². The van der Waals surface area contributed by atoms with E-state index in [2.05, 4.69) is 33.7 Å². The molecule has 0 spiro atoms. The predicted octanol–water partition coefficient (Wildman–Crippen LogP) is 0.911. The number of pyridine rings is 1. The predicted molar refractivity (Wildman–Crippen MR) is 140 cm³/mol. The zero-order chi connectivity index (χ0) is 27.6. The van der Waals surface area contributed by atoms with Gasteiger partial charge >= 0.3 is 5.69 Å². The first-order valence-corrected chi connectivity index (χ1v) is 11.8. The quantitative estimate of drug-likeness (QED) is 0.419. The van der Waals surface area contributed by atoms with Crippen molar-refractivity contribution in [1.82, 2.24) is 24.3 Å². The van der Waals surface area contributed by atoms with Crippen molar-refractivity contribution in [3.8, 4) is 29.0 Å². The molecule has 0 atom stereocenters. The molecule has 0 radical (unpaired) electrons. The minimum atomic E-state index is -1.03. The molecule has 198 valence electrons. The van der Waals surface area contributed by atoms with Crippen LogP contribution in [0.1, 0.15) is 29.8 Å². The molecule has 0 saturated carbocycles. The van der Waals surface area contributed by atoms with E-state index in [-0.39, 0.29) is 23.0 Å². The summed E-state index contributed by atoms with van der Waals surface area (Å²) in [5.41, 5.74) is 8.95. The fourth-order valence-electron chi connectivity index (χ4n) is 4.01. The van der Waals surface area contributed by atoms with Crippen LogP contribution in [0.4, 0.5) is 10.2 Å². The SMILES string of the molecule is CN1CCN(C(C)(C)C#Cc2c(Oc3ccc(-n4cc(C(N)=O)c(=O)[nH]c4=O)cc3F)ccnc2N)CC1. The Balaban J connectivity index is 1.63. The van der Waals surface area contributed by atoms with Crippen molar-refractivity contribution in [1.29, 1.82) is 0 Å². The third kappa shape index (κ3) is 5.59. The Kier molecular flexibility index (Phi) is 7.34. The van der Waals surface area contributed by atoms with Crippen LogP contribution in [0.15, 0.2) is 46.2 Å². The number of amides is 1. The molecule has 0 aliphatic carbocycles. The fraction of sp³-hybridized carbons (Fsp3) is 0.308. The van der Waals surface area contributed by atoms with Crippen LogP contribution in [0.25, 0.3) is 5.69 Å². The van der Waals surface area contributed by atoms with Gasteiger partial charge in [-0.1, -0.05) is 11.8 Å². The molecule has 5 N–H and O–H groups in total. The van der Waals surface area contributed by atoms with E-state index in [9.17, 15) is 14.4 Å². The number of primary amides is 1. The Bertz CT molecular complexity index is 1560. The van der Waals surface area contributed by atoms with Crippen LogP contribution in [0.3, 0.4) is 0 Å². The summed E-state index contributed by atoms with van der Waals surface area (Å²) in [5, 5.41) is 0. The Labute approximate surface area is 217 Å². The van der Waals surface area contributed by atoms with Crippen molar-refractivity contribution < 1.29 is 13.9 Å². The molecular formula is C26H28FN7O4. The number of nitrogens with one attached hydrogen (secondary N) is 1. The van der Waals surface area contributed by atoms with Gasteiger partial charge in [-0.05, 0) is 33.0 Å². The first-order valence-electron chi connectivity index (χ1n) is 11.8. The summed E-state index contributed by atoms with van der Waals surface area (Å²) in [6, 6.07) is 5.23. The van der Waals surface area contributed by atoms with Crippen molar-refractivity contribution in [3.05, 3.63) is 74.4 Å². The maximum absolute atomic E-state index is 15.1. The van der Waals surface area contributed by atoms with E-state index in [1.165, 1.54) is 24.4 Å². The average Bonchev–Trinajstić information content (AvgIpc) is 2.85. The number of benzene rings is 1. The molecule has 1 aromatic carbocycles. The molecule has 3 aromatic rings. The second-order valence-electron chi connectivity index (χ2n) is 9.42. The molecule has 38 heavy (non-hydrogen) atoms. The van der Waals surface area contributed by atoms with E-state index >= 15 is 4.39 Å². The number of ether oxygens (including phenoxy) is 1. The fourth-order valence-corrected chi connectivity index (χ4v) is 4.01. The normalized spacial score (nSPS) is 14.5. The monoisotopic (exact) mass is 521 g/mol. The van der Waals surface area contributed by atoms with Gasteiger partial charge in [0.15, 0.2) is 11.6 Å². The molecular weight excluding hydrogens is 493 g/mol. The zero-order valence-corrected chi connectivity index (χ0v) is 21.2. The van der Waals surface area contributed by atoms with Crippen molar-refractivity contribution in [3.63, 3.8) is 0 Å². The number of carbonyl (C=O) groups excluding carboxylic acids is 1. The Morgan fingerprint density at radius 3 is 2.53 bits per heavy atom. The van der Waals surface area contributed by atoms with Crippen molar-refractivity contribution in [2.45, 2.75) is 19.4 Å². The largest absolute Gasteiger partial charge is 0.453 e. The van der Waals surface area contributed by atoms with Gasteiger partial charge in [-0.15, -0.1) is 0 Å². The van der Waals surface area contributed by atoms with Crippen LogP contribution < -0.4 is 27.5 Å². The van der Waals surface area contributed by atoms with Crippen molar-refractivity contribution in [2.75, 3.05) is 39.0 Å². The highest BCUT2D eigenvalue weighted by atomic mass is 19.1. The van der Waals surface area contributed by atoms with Gasteiger partial charge in [0, 0.05) is 50.7 Å². The summed E-state index contributed by atoms with van der Waals surface area (Å²) in [6.45, 7) is 7.69. The summed E-state index contributed by atoms with van der Waals surface area (Å²) in [4.78, 5) is 46.1. The maximum atomic E-state index is 15.1. The number of H-pyrrole nitrogens is 1. The number of likely N-dealkylation sites (N-methyl/N-ethyl adjacent to an activating group) is 1. The number of hydrogen-bond acceptors (Lipinski definition) is 8. The molecule has 11 nitrogen and oxygen atoms in total. The molecule has 0 unspecified atom stereocenters. The lowest BCUT2D eigenvalue weighted by molar-refractivity contribution is 0.0946. The number of aromatic amines is 1. The maximum Gasteiger partial charge on any atom is 0.332 e. The van der Waals surface area contributed by atoms with E-state index in [0.717, 1.165) is 43.0 Å². The lowest BCUT2D eigenvalue weighted by Crippen LogP contribution is -2.53. The van der Waals surface area contributed by atoms with Gasteiger partial charge in [0.1, 0.15) is 22.7 Å². The average molecular weight is 522 g/mol. The number of anilines is 1. The standard InChI is InChI=1S/C26H28FN7O4/c1-26(2,33-12-10-32(3)11-13-33)8-6-17-20(7-9-30-22(17)28)38-21-5-4-16(14-19(21)27)34-15-18(23(29)35)24(36)31-25(34)37/h4-5,7,9,14-15H,10-13H2,1-3H3,(H2,28,30)(H2,29,35)(H,31,36,37). The van der Waals surface area contributed by atoms with Crippen LogP contribution in [0, 0.1) is 17.7 Å². The molecule has 3 heterocycles. The van der Waals surface area contributed by atoms with Gasteiger partial charge in [-0.25, -0.2) is 14.2 Å². The second kappa shape index (κ2) is 10.5. The van der Waals surface area contributed by atoms with E-state index in [4.69, 9.17) is 16.2 Å². The molecule has 0 bridgehead atoms. The zero-order valence-electron chi connectivity index (χ0n) is 21.2. The van der Waals surface area contributed by atoms with Crippen LogP contribution in [0.2, 0.25) is 0 Å². The highest BCUT2D eigenvalue weighted by molar-refractivity contribution is 5.92. The van der Waals surface area contributed by atoms with Crippen LogP contribution >= 0.6 is 0 Å². The Morgan fingerprint density at radius 2 is 1.87 bits per heavy atom. The molecule has 1 saturated heterocycles. The third-order valence-electron chi connectivity index (χ3n) is 6.35. The van der Waals surface area contributed by atoms with Crippen LogP contribution in [-0.2, 0) is 0 Å². The minimum Gasteiger partial charge on any atom is -0.453 e. The van der Waals surface area contributed by atoms with Crippen LogP contribution in [0.5, 0.6) is 11.5 Å². The van der Waals surface area contributed by atoms with E-state index < -0.39 is 34.1 Å². The summed E-state index contributed by atoms with van der Waals surface area (Å²) in [6.07, 6.45) is 2.39. The number of piperazine rings is 1. The topological polar surface area (TPSA) is 153 Å². The summed E-state index contributed by atoms with van der Waals surface area (Å²) < 4.78 is 21.8. The minimum absolute atomic E-state index is 0.0433.